The Bertz CT molecular complexity index is 780. The molecule has 1 aliphatic rings. The normalized spacial score (nSPS) is 14.8. The predicted molar refractivity (Wildman–Crippen MR) is 94.0 cm³/mol. The van der Waals surface area contributed by atoms with Gasteiger partial charge in [0.2, 0.25) is 0 Å². The molecular weight excluding hydrogens is 300 g/mol. The summed E-state index contributed by atoms with van der Waals surface area (Å²) in [6, 6.07) is 20.6. The molecule has 24 heavy (non-hydrogen) atoms. The molecule has 4 rings (SSSR count). The van der Waals surface area contributed by atoms with Gasteiger partial charge in [-0.2, -0.15) is 0 Å². The highest BCUT2D eigenvalue weighted by molar-refractivity contribution is 5.72. The summed E-state index contributed by atoms with van der Waals surface area (Å²) < 4.78 is 7.51. The van der Waals surface area contributed by atoms with Crippen molar-refractivity contribution in [1.29, 1.82) is 0 Å². The van der Waals surface area contributed by atoms with Crippen LogP contribution in [0.25, 0.3) is 11.3 Å². The van der Waals surface area contributed by atoms with E-state index in [0.29, 0.717) is 6.54 Å². The second-order valence-electron chi connectivity index (χ2n) is 5.87. The third kappa shape index (κ3) is 3.03. The Morgan fingerprint density at radius 1 is 0.875 bits per heavy atom. The molecule has 5 heteroatoms. The molecular formula is C19H20N4O. The van der Waals surface area contributed by atoms with E-state index in [-0.39, 0.29) is 0 Å². The SMILES string of the molecule is c1ccc(Cn2nnc(-c3ccccc3)c2N2CCOCC2)cc1. The van der Waals surface area contributed by atoms with Crippen LogP contribution in [0.2, 0.25) is 0 Å². The molecule has 0 bridgehead atoms. The molecule has 2 aromatic carbocycles. The fraction of sp³-hybridized carbons (Fsp3) is 0.263. The van der Waals surface area contributed by atoms with E-state index in [9.17, 15) is 0 Å². The Labute approximate surface area is 141 Å². The molecule has 1 fully saturated rings. The van der Waals surface area contributed by atoms with Crippen molar-refractivity contribution in [3.63, 3.8) is 0 Å². The van der Waals surface area contributed by atoms with Crippen molar-refractivity contribution < 1.29 is 4.74 Å². The monoisotopic (exact) mass is 320 g/mol. The highest BCUT2D eigenvalue weighted by atomic mass is 16.5. The molecule has 122 valence electrons. The van der Waals surface area contributed by atoms with Gasteiger partial charge in [-0.15, -0.1) is 5.10 Å². The molecule has 2 heterocycles. The van der Waals surface area contributed by atoms with Crippen molar-refractivity contribution in [2.75, 3.05) is 31.2 Å². The van der Waals surface area contributed by atoms with Gasteiger partial charge < -0.3 is 9.64 Å². The number of morpholine rings is 1. The van der Waals surface area contributed by atoms with E-state index in [1.807, 2.05) is 28.9 Å². The number of hydrogen-bond donors (Lipinski definition) is 0. The zero-order chi connectivity index (χ0) is 16.2. The number of hydrogen-bond acceptors (Lipinski definition) is 4. The molecule has 3 aromatic rings. The molecule has 0 unspecified atom stereocenters. The van der Waals surface area contributed by atoms with E-state index in [4.69, 9.17) is 4.74 Å². The van der Waals surface area contributed by atoms with Crippen LogP contribution >= 0.6 is 0 Å². The molecule has 0 radical (unpaired) electrons. The first-order valence-electron chi connectivity index (χ1n) is 8.27. The van der Waals surface area contributed by atoms with Crippen LogP contribution in [0.5, 0.6) is 0 Å². The summed E-state index contributed by atoms with van der Waals surface area (Å²) in [5.74, 6) is 1.08. The van der Waals surface area contributed by atoms with Crippen molar-refractivity contribution >= 4 is 5.82 Å². The summed E-state index contributed by atoms with van der Waals surface area (Å²) >= 11 is 0. The standard InChI is InChI=1S/C19H20N4O/c1-3-7-16(8-4-1)15-23-19(22-11-13-24-14-12-22)18(20-21-23)17-9-5-2-6-10-17/h1-10H,11-15H2. The summed E-state index contributed by atoms with van der Waals surface area (Å²) in [6.07, 6.45) is 0. The van der Waals surface area contributed by atoms with Gasteiger partial charge in [0.05, 0.1) is 19.8 Å². The average Bonchev–Trinajstić information content (AvgIpc) is 3.07. The van der Waals surface area contributed by atoms with Crippen molar-refractivity contribution in [3.05, 3.63) is 66.2 Å². The second-order valence-corrected chi connectivity index (χ2v) is 5.87. The number of anilines is 1. The van der Waals surface area contributed by atoms with Crippen LogP contribution in [0.15, 0.2) is 60.7 Å². The quantitative estimate of drug-likeness (QED) is 0.741. The van der Waals surface area contributed by atoms with Crippen molar-refractivity contribution in [2.45, 2.75) is 6.54 Å². The van der Waals surface area contributed by atoms with Gasteiger partial charge in [0.15, 0.2) is 5.82 Å². The van der Waals surface area contributed by atoms with E-state index >= 15 is 0 Å². The third-order valence-electron chi connectivity index (χ3n) is 4.24. The molecule has 1 aliphatic heterocycles. The topological polar surface area (TPSA) is 43.2 Å². The van der Waals surface area contributed by atoms with E-state index in [2.05, 4.69) is 51.6 Å². The van der Waals surface area contributed by atoms with Gasteiger partial charge in [0.25, 0.3) is 0 Å². The van der Waals surface area contributed by atoms with Crippen LogP contribution < -0.4 is 4.90 Å². The summed E-state index contributed by atoms with van der Waals surface area (Å²) in [4.78, 5) is 2.33. The minimum absolute atomic E-state index is 0.716. The van der Waals surface area contributed by atoms with Gasteiger partial charge in [0.1, 0.15) is 5.69 Å². The Hall–Kier alpha value is -2.66. The Balaban J connectivity index is 1.74. The van der Waals surface area contributed by atoms with Gasteiger partial charge in [-0.1, -0.05) is 65.9 Å². The molecule has 0 N–H and O–H groups in total. The zero-order valence-electron chi connectivity index (χ0n) is 13.5. The van der Waals surface area contributed by atoms with E-state index in [1.165, 1.54) is 5.56 Å². The van der Waals surface area contributed by atoms with Crippen LogP contribution in [-0.4, -0.2) is 41.3 Å². The Kier molecular flexibility index (Phi) is 4.25. The number of ether oxygens (including phenoxy) is 1. The average molecular weight is 320 g/mol. The van der Waals surface area contributed by atoms with Gasteiger partial charge >= 0.3 is 0 Å². The molecule has 5 nitrogen and oxygen atoms in total. The second kappa shape index (κ2) is 6.84. The fourth-order valence-electron chi connectivity index (χ4n) is 3.04. The highest BCUT2D eigenvalue weighted by Gasteiger charge is 2.22. The van der Waals surface area contributed by atoms with Crippen LogP contribution in [0.3, 0.4) is 0 Å². The van der Waals surface area contributed by atoms with Gasteiger partial charge in [0, 0.05) is 18.7 Å². The smallest absolute Gasteiger partial charge is 0.156 e. The summed E-state index contributed by atoms with van der Waals surface area (Å²) in [7, 11) is 0. The maximum Gasteiger partial charge on any atom is 0.156 e. The largest absolute Gasteiger partial charge is 0.378 e. The number of benzene rings is 2. The lowest BCUT2D eigenvalue weighted by Crippen LogP contribution is -2.38. The lowest BCUT2D eigenvalue weighted by Gasteiger charge is -2.29. The Morgan fingerprint density at radius 2 is 1.54 bits per heavy atom. The lowest BCUT2D eigenvalue weighted by atomic mass is 10.1. The van der Waals surface area contributed by atoms with Gasteiger partial charge in [-0.25, -0.2) is 4.68 Å². The first-order valence-corrected chi connectivity index (χ1v) is 8.27. The maximum absolute atomic E-state index is 5.51. The minimum Gasteiger partial charge on any atom is -0.378 e. The van der Waals surface area contributed by atoms with Crippen molar-refractivity contribution in [2.24, 2.45) is 0 Å². The maximum atomic E-state index is 5.51. The predicted octanol–water partition coefficient (Wildman–Crippen LogP) is 2.83. The number of nitrogens with zero attached hydrogens (tertiary/aromatic N) is 4. The van der Waals surface area contributed by atoms with Crippen molar-refractivity contribution in [3.8, 4) is 11.3 Å². The highest BCUT2D eigenvalue weighted by Crippen LogP contribution is 2.29. The summed E-state index contributed by atoms with van der Waals surface area (Å²) in [6.45, 7) is 3.92. The van der Waals surface area contributed by atoms with Gasteiger partial charge in [-0.3, -0.25) is 0 Å². The third-order valence-corrected chi connectivity index (χ3v) is 4.24. The Morgan fingerprint density at radius 3 is 2.25 bits per heavy atom. The lowest BCUT2D eigenvalue weighted by molar-refractivity contribution is 0.122. The van der Waals surface area contributed by atoms with Crippen LogP contribution in [0.1, 0.15) is 5.56 Å². The molecule has 1 saturated heterocycles. The molecule has 1 aromatic heterocycles. The van der Waals surface area contributed by atoms with Crippen LogP contribution in [0.4, 0.5) is 5.82 Å². The number of aromatic nitrogens is 3. The first-order chi connectivity index (χ1) is 11.9. The summed E-state index contributed by atoms with van der Waals surface area (Å²) in [5.41, 5.74) is 3.25. The van der Waals surface area contributed by atoms with E-state index in [0.717, 1.165) is 43.4 Å². The molecule has 0 aliphatic carbocycles. The van der Waals surface area contributed by atoms with Crippen LogP contribution in [-0.2, 0) is 11.3 Å². The molecule has 0 spiro atoms. The molecule has 0 atom stereocenters. The van der Waals surface area contributed by atoms with Gasteiger partial charge in [-0.05, 0) is 5.56 Å². The zero-order valence-corrected chi connectivity index (χ0v) is 13.5. The summed E-state index contributed by atoms with van der Waals surface area (Å²) in [5, 5.41) is 8.94. The van der Waals surface area contributed by atoms with Crippen LogP contribution in [0, 0.1) is 0 Å². The molecule has 0 amide bonds. The minimum atomic E-state index is 0.716. The van der Waals surface area contributed by atoms with E-state index in [1.54, 1.807) is 0 Å². The molecule has 0 saturated carbocycles. The first kappa shape index (κ1) is 14.9. The van der Waals surface area contributed by atoms with E-state index < -0.39 is 0 Å². The number of rotatable bonds is 4. The fourth-order valence-corrected chi connectivity index (χ4v) is 3.04. The van der Waals surface area contributed by atoms with Crippen molar-refractivity contribution in [1.82, 2.24) is 15.0 Å².